The lowest BCUT2D eigenvalue weighted by atomic mass is 10.1. The van der Waals surface area contributed by atoms with Gasteiger partial charge in [0, 0.05) is 38.2 Å². The average Bonchev–Trinajstić information content (AvgIpc) is 2.88. The molecule has 0 radical (unpaired) electrons. The molecular weight excluding hydrogens is 216 g/mol. The Kier molecular flexibility index (Phi) is 3.26. The number of aromatic nitrogens is 4. The van der Waals surface area contributed by atoms with E-state index in [9.17, 15) is 0 Å². The Morgan fingerprint density at radius 1 is 1.47 bits per heavy atom. The van der Waals surface area contributed by atoms with Crippen LogP contribution in [0.1, 0.15) is 30.0 Å². The number of nitrogens with one attached hydrogen (secondary N) is 1. The summed E-state index contributed by atoms with van der Waals surface area (Å²) >= 11 is 0. The van der Waals surface area contributed by atoms with Crippen LogP contribution in [0.15, 0.2) is 18.6 Å². The van der Waals surface area contributed by atoms with Crippen LogP contribution < -0.4 is 11.3 Å². The number of nitrogens with two attached hydrogens (primary N) is 1. The van der Waals surface area contributed by atoms with Crippen LogP contribution in [0.25, 0.3) is 0 Å². The first-order valence-corrected chi connectivity index (χ1v) is 5.63. The standard InChI is InChI=1S/C11H18N6/c1-4-9-8(7-17(3)15-9)10(14-12)11-13-5-6-16(11)2/h5-7,10,14H,4,12H2,1-3H3. The van der Waals surface area contributed by atoms with Crippen LogP contribution in [0, 0.1) is 0 Å². The fraction of sp³-hybridized carbons (Fsp3) is 0.455. The van der Waals surface area contributed by atoms with Gasteiger partial charge in [-0.1, -0.05) is 6.92 Å². The predicted molar refractivity (Wildman–Crippen MR) is 65.0 cm³/mol. The Hall–Kier alpha value is -1.66. The molecule has 0 bridgehead atoms. The first-order valence-electron chi connectivity index (χ1n) is 5.63. The SMILES string of the molecule is CCc1nn(C)cc1C(NN)c1nccn1C. The summed E-state index contributed by atoms with van der Waals surface area (Å²) in [6.07, 6.45) is 6.53. The maximum Gasteiger partial charge on any atom is 0.131 e. The topological polar surface area (TPSA) is 73.7 Å². The average molecular weight is 234 g/mol. The van der Waals surface area contributed by atoms with Crippen molar-refractivity contribution in [1.82, 2.24) is 24.8 Å². The lowest BCUT2D eigenvalue weighted by Crippen LogP contribution is -2.31. The van der Waals surface area contributed by atoms with Crippen LogP contribution in [0.5, 0.6) is 0 Å². The van der Waals surface area contributed by atoms with Gasteiger partial charge >= 0.3 is 0 Å². The summed E-state index contributed by atoms with van der Waals surface area (Å²) in [6.45, 7) is 2.08. The van der Waals surface area contributed by atoms with E-state index in [1.807, 2.05) is 31.1 Å². The first kappa shape index (κ1) is 11.8. The summed E-state index contributed by atoms with van der Waals surface area (Å²) in [5, 5.41) is 4.42. The minimum atomic E-state index is -0.126. The molecule has 0 saturated heterocycles. The van der Waals surface area contributed by atoms with Crippen molar-refractivity contribution in [3.8, 4) is 0 Å². The van der Waals surface area contributed by atoms with E-state index in [0.29, 0.717) is 0 Å². The number of hydrogen-bond donors (Lipinski definition) is 2. The van der Waals surface area contributed by atoms with E-state index in [1.54, 1.807) is 10.9 Å². The molecule has 3 N–H and O–H groups in total. The normalized spacial score (nSPS) is 12.9. The highest BCUT2D eigenvalue weighted by molar-refractivity contribution is 5.27. The van der Waals surface area contributed by atoms with Crippen molar-refractivity contribution in [3.05, 3.63) is 35.7 Å². The highest BCUT2D eigenvalue weighted by Gasteiger charge is 2.21. The van der Waals surface area contributed by atoms with E-state index >= 15 is 0 Å². The Balaban J connectivity index is 2.45. The second-order valence-electron chi connectivity index (χ2n) is 4.05. The van der Waals surface area contributed by atoms with Crippen molar-refractivity contribution in [2.24, 2.45) is 19.9 Å². The van der Waals surface area contributed by atoms with Crippen LogP contribution in [0.2, 0.25) is 0 Å². The third-order valence-electron chi connectivity index (χ3n) is 2.87. The van der Waals surface area contributed by atoms with Gasteiger partial charge in [0.25, 0.3) is 0 Å². The quantitative estimate of drug-likeness (QED) is 0.588. The van der Waals surface area contributed by atoms with Gasteiger partial charge in [0.05, 0.1) is 5.69 Å². The molecule has 0 fully saturated rings. The molecule has 6 heteroatoms. The molecule has 0 amide bonds. The highest BCUT2D eigenvalue weighted by atomic mass is 15.3. The van der Waals surface area contributed by atoms with Crippen molar-refractivity contribution in [2.45, 2.75) is 19.4 Å². The molecule has 1 unspecified atom stereocenters. The second kappa shape index (κ2) is 4.68. The van der Waals surface area contributed by atoms with Gasteiger partial charge in [-0.15, -0.1) is 0 Å². The van der Waals surface area contributed by atoms with Crippen molar-refractivity contribution in [2.75, 3.05) is 0 Å². The molecule has 0 aliphatic carbocycles. The number of nitrogens with zero attached hydrogens (tertiary/aromatic N) is 4. The van der Waals surface area contributed by atoms with Gasteiger partial charge in [-0.3, -0.25) is 10.5 Å². The minimum Gasteiger partial charge on any atom is -0.336 e. The van der Waals surface area contributed by atoms with Crippen LogP contribution in [-0.2, 0) is 20.5 Å². The Bertz CT molecular complexity index is 498. The zero-order valence-corrected chi connectivity index (χ0v) is 10.4. The molecule has 92 valence electrons. The largest absolute Gasteiger partial charge is 0.336 e. The molecule has 0 aliphatic heterocycles. The number of hydrazine groups is 1. The molecule has 6 nitrogen and oxygen atoms in total. The van der Waals surface area contributed by atoms with Gasteiger partial charge < -0.3 is 4.57 Å². The Morgan fingerprint density at radius 3 is 2.76 bits per heavy atom. The molecule has 17 heavy (non-hydrogen) atoms. The molecule has 0 saturated carbocycles. The Morgan fingerprint density at radius 2 is 2.24 bits per heavy atom. The smallest absolute Gasteiger partial charge is 0.131 e. The summed E-state index contributed by atoms with van der Waals surface area (Å²) in [6, 6.07) is -0.126. The molecule has 2 aromatic heterocycles. The second-order valence-corrected chi connectivity index (χ2v) is 4.05. The Labute approximate surface area is 100 Å². The summed E-state index contributed by atoms with van der Waals surface area (Å²) in [7, 11) is 3.86. The maximum atomic E-state index is 5.66. The summed E-state index contributed by atoms with van der Waals surface area (Å²) in [5.41, 5.74) is 4.93. The first-order chi connectivity index (χ1) is 8.17. The fourth-order valence-electron chi connectivity index (χ4n) is 2.03. The highest BCUT2D eigenvalue weighted by Crippen LogP contribution is 2.22. The zero-order chi connectivity index (χ0) is 12.4. The van der Waals surface area contributed by atoms with Crippen molar-refractivity contribution in [1.29, 1.82) is 0 Å². The molecule has 0 aromatic carbocycles. The molecule has 2 rings (SSSR count). The summed E-state index contributed by atoms with van der Waals surface area (Å²) in [4.78, 5) is 4.33. The zero-order valence-electron chi connectivity index (χ0n) is 10.4. The summed E-state index contributed by atoms with van der Waals surface area (Å²) < 4.78 is 3.76. The van der Waals surface area contributed by atoms with Crippen LogP contribution in [0.4, 0.5) is 0 Å². The van der Waals surface area contributed by atoms with E-state index in [-0.39, 0.29) is 6.04 Å². The number of hydrogen-bond acceptors (Lipinski definition) is 4. The third kappa shape index (κ3) is 2.09. The molecule has 1 atom stereocenters. The lowest BCUT2D eigenvalue weighted by molar-refractivity contribution is 0.576. The monoisotopic (exact) mass is 234 g/mol. The van der Waals surface area contributed by atoms with Crippen molar-refractivity contribution < 1.29 is 0 Å². The van der Waals surface area contributed by atoms with E-state index in [0.717, 1.165) is 23.5 Å². The molecule has 2 aromatic rings. The molecular formula is C11H18N6. The fourth-order valence-corrected chi connectivity index (χ4v) is 2.03. The number of rotatable bonds is 4. The van der Waals surface area contributed by atoms with Crippen molar-refractivity contribution in [3.63, 3.8) is 0 Å². The van der Waals surface area contributed by atoms with Gasteiger partial charge in [-0.25, -0.2) is 10.4 Å². The predicted octanol–water partition coefficient (Wildman–Crippen LogP) is 0.269. The van der Waals surface area contributed by atoms with E-state index < -0.39 is 0 Å². The van der Waals surface area contributed by atoms with Gasteiger partial charge in [-0.05, 0) is 6.42 Å². The third-order valence-corrected chi connectivity index (χ3v) is 2.87. The minimum absolute atomic E-state index is 0.126. The van der Waals surface area contributed by atoms with E-state index in [2.05, 4.69) is 22.4 Å². The number of imidazole rings is 1. The molecule has 0 aliphatic rings. The van der Waals surface area contributed by atoms with Crippen LogP contribution in [-0.4, -0.2) is 19.3 Å². The van der Waals surface area contributed by atoms with Gasteiger partial charge in [0.1, 0.15) is 11.9 Å². The van der Waals surface area contributed by atoms with Gasteiger partial charge in [0.15, 0.2) is 0 Å². The lowest BCUT2D eigenvalue weighted by Gasteiger charge is -2.15. The van der Waals surface area contributed by atoms with Gasteiger partial charge in [-0.2, -0.15) is 5.10 Å². The molecule has 2 heterocycles. The van der Waals surface area contributed by atoms with Crippen LogP contribution in [0.3, 0.4) is 0 Å². The number of aryl methyl sites for hydroxylation is 3. The van der Waals surface area contributed by atoms with Crippen LogP contribution >= 0.6 is 0 Å². The van der Waals surface area contributed by atoms with E-state index in [1.165, 1.54) is 0 Å². The van der Waals surface area contributed by atoms with Crippen molar-refractivity contribution >= 4 is 0 Å². The molecule has 0 spiro atoms. The summed E-state index contributed by atoms with van der Waals surface area (Å²) in [5.74, 6) is 6.54. The maximum absolute atomic E-state index is 5.66. The van der Waals surface area contributed by atoms with E-state index in [4.69, 9.17) is 5.84 Å². The van der Waals surface area contributed by atoms with Gasteiger partial charge in [0.2, 0.25) is 0 Å².